The third-order valence-corrected chi connectivity index (χ3v) is 5.54. The van der Waals surface area contributed by atoms with Gasteiger partial charge in [-0.1, -0.05) is 100 Å². The van der Waals surface area contributed by atoms with E-state index in [1.165, 1.54) is 19.3 Å². The molecule has 37 heavy (non-hydrogen) atoms. The molecular formula is C32H52O5. The van der Waals surface area contributed by atoms with Crippen molar-refractivity contribution in [1.29, 1.82) is 0 Å². The van der Waals surface area contributed by atoms with Crippen molar-refractivity contribution in [3.8, 4) is 0 Å². The zero-order valence-corrected chi connectivity index (χ0v) is 23.5. The van der Waals surface area contributed by atoms with Crippen LogP contribution in [0.25, 0.3) is 0 Å². The van der Waals surface area contributed by atoms with Gasteiger partial charge >= 0.3 is 11.9 Å². The summed E-state index contributed by atoms with van der Waals surface area (Å²) in [5.74, 6) is -0.709. The van der Waals surface area contributed by atoms with Gasteiger partial charge < -0.3 is 14.6 Å². The van der Waals surface area contributed by atoms with Gasteiger partial charge in [-0.25, -0.2) is 0 Å². The number of ether oxygens (including phenoxy) is 2. The van der Waals surface area contributed by atoms with Crippen LogP contribution < -0.4 is 0 Å². The molecular weight excluding hydrogens is 464 g/mol. The fraction of sp³-hybridized carbons (Fsp3) is 0.625. The summed E-state index contributed by atoms with van der Waals surface area (Å²) in [5, 5.41) is 9.43. The van der Waals surface area contributed by atoms with Crippen LogP contribution in [0.1, 0.15) is 110 Å². The molecule has 0 saturated heterocycles. The van der Waals surface area contributed by atoms with Crippen LogP contribution in [0.3, 0.4) is 0 Å². The smallest absolute Gasteiger partial charge is 0.306 e. The summed E-state index contributed by atoms with van der Waals surface area (Å²) in [4.78, 5) is 23.9. The third-order valence-electron chi connectivity index (χ3n) is 5.54. The minimum absolute atomic E-state index is 0.102. The Hall–Kier alpha value is -2.40. The molecule has 0 fully saturated rings. The second kappa shape index (κ2) is 28.2. The van der Waals surface area contributed by atoms with Crippen LogP contribution >= 0.6 is 0 Å². The van der Waals surface area contributed by atoms with Crippen LogP contribution in [-0.2, 0) is 19.1 Å². The standard InChI is InChI=1S/C32H52O5/c1-3-5-7-9-11-13-15-16-17-19-21-23-25-27-32(35)37-30(28-33)29-36-31(34)26-24-22-20-18-14-12-10-8-6-4-2/h5,7-8,10-11,13,16-17,21,23,30,33H,3-4,6,9,12,14-15,18-20,22,24-29H2,1-2H3/b7-5-,10-8-,13-11-,17-16-,23-21-. The molecule has 0 heterocycles. The third kappa shape index (κ3) is 26.5. The maximum atomic E-state index is 12.0. The first-order valence-corrected chi connectivity index (χ1v) is 14.3. The molecule has 0 aliphatic carbocycles. The number of allylic oxidation sites excluding steroid dienone is 10. The van der Waals surface area contributed by atoms with Crippen molar-refractivity contribution in [2.24, 2.45) is 0 Å². The Morgan fingerprint density at radius 2 is 1.22 bits per heavy atom. The highest BCUT2D eigenvalue weighted by Gasteiger charge is 2.15. The number of carbonyl (C=O) groups is 2. The van der Waals surface area contributed by atoms with Crippen molar-refractivity contribution in [3.63, 3.8) is 0 Å². The SMILES string of the molecule is CC/C=C\C/C=C\C/C=C\C/C=C\CCC(=O)OC(CO)COC(=O)CCCCCCC/C=C\CCC. The van der Waals surface area contributed by atoms with Crippen LogP contribution in [0, 0.1) is 0 Å². The lowest BCUT2D eigenvalue weighted by molar-refractivity contribution is -0.161. The highest BCUT2D eigenvalue weighted by atomic mass is 16.6. The van der Waals surface area contributed by atoms with E-state index in [1.54, 1.807) is 0 Å². The lowest BCUT2D eigenvalue weighted by Crippen LogP contribution is -2.28. The Kier molecular flexibility index (Phi) is 26.3. The average Bonchev–Trinajstić information content (AvgIpc) is 2.90. The van der Waals surface area contributed by atoms with Crippen molar-refractivity contribution in [2.75, 3.05) is 13.2 Å². The van der Waals surface area contributed by atoms with Gasteiger partial charge in [-0.3, -0.25) is 9.59 Å². The number of unbranched alkanes of at least 4 members (excludes halogenated alkanes) is 6. The first-order valence-electron chi connectivity index (χ1n) is 14.3. The molecule has 0 aliphatic heterocycles. The van der Waals surface area contributed by atoms with E-state index in [0.717, 1.165) is 57.8 Å². The van der Waals surface area contributed by atoms with Crippen molar-refractivity contribution >= 4 is 11.9 Å². The van der Waals surface area contributed by atoms with E-state index < -0.39 is 12.1 Å². The molecule has 5 nitrogen and oxygen atoms in total. The van der Waals surface area contributed by atoms with E-state index >= 15 is 0 Å². The van der Waals surface area contributed by atoms with Crippen LogP contribution in [0.2, 0.25) is 0 Å². The maximum absolute atomic E-state index is 12.0. The average molecular weight is 517 g/mol. The van der Waals surface area contributed by atoms with Crippen LogP contribution in [-0.4, -0.2) is 36.4 Å². The molecule has 0 aromatic heterocycles. The molecule has 210 valence electrons. The molecule has 0 aliphatic rings. The summed E-state index contributed by atoms with van der Waals surface area (Å²) in [6.45, 7) is 3.84. The fourth-order valence-electron chi connectivity index (χ4n) is 3.39. The van der Waals surface area contributed by atoms with Crippen LogP contribution in [0.5, 0.6) is 0 Å². The normalized spacial score (nSPS) is 13.1. The molecule has 0 aromatic carbocycles. The number of esters is 2. The summed E-state index contributed by atoms with van der Waals surface area (Å²) in [5.41, 5.74) is 0. The van der Waals surface area contributed by atoms with E-state index in [0.29, 0.717) is 12.8 Å². The first kappa shape index (κ1) is 34.6. The van der Waals surface area contributed by atoms with Gasteiger partial charge in [0.05, 0.1) is 6.61 Å². The second-order valence-corrected chi connectivity index (χ2v) is 9.08. The van der Waals surface area contributed by atoms with Gasteiger partial charge in [0.2, 0.25) is 0 Å². The molecule has 1 unspecified atom stereocenters. The zero-order chi connectivity index (χ0) is 27.2. The molecule has 5 heteroatoms. The number of carbonyl (C=O) groups excluding carboxylic acids is 2. The summed E-state index contributed by atoms with van der Waals surface area (Å²) < 4.78 is 10.4. The Balaban J connectivity index is 3.79. The molecule has 0 aromatic rings. The van der Waals surface area contributed by atoms with E-state index in [2.05, 4.69) is 62.5 Å². The molecule has 0 spiro atoms. The first-order chi connectivity index (χ1) is 18.1. The number of hydrogen-bond donors (Lipinski definition) is 1. The fourth-order valence-corrected chi connectivity index (χ4v) is 3.39. The lowest BCUT2D eigenvalue weighted by Gasteiger charge is -2.15. The second-order valence-electron chi connectivity index (χ2n) is 9.08. The Morgan fingerprint density at radius 3 is 1.86 bits per heavy atom. The predicted octanol–water partition coefficient (Wildman–Crippen LogP) is 8.11. The monoisotopic (exact) mass is 516 g/mol. The maximum Gasteiger partial charge on any atom is 0.306 e. The van der Waals surface area contributed by atoms with Gasteiger partial charge in [0.25, 0.3) is 0 Å². The minimum atomic E-state index is -0.811. The van der Waals surface area contributed by atoms with E-state index in [-0.39, 0.29) is 25.6 Å². The summed E-state index contributed by atoms with van der Waals surface area (Å²) >= 11 is 0. The number of hydrogen-bond acceptors (Lipinski definition) is 5. The van der Waals surface area contributed by atoms with E-state index in [1.807, 2.05) is 12.2 Å². The van der Waals surface area contributed by atoms with Crippen molar-refractivity contribution in [2.45, 2.75) is 116 Å². The largest absolute Gasteiger partial charge is 0.462 e. The van der Waals surface area contributed by atoms with Crippen molar-refractivity contribution in [3.05, 3.63) is 60.8 Å². The number of aliphatic hydroxyl groups is 1. The molecule has 0 saturated carbocycles. The van der Waals surface area contributed by atoms with Crippen LogP contribution in [0.15, 0.2) is 60.8 Å². The lowest BCUT2D eigenvalue weighted by atomic mass is 10.1. The van der Waals surface area contributed by atoms with E-state index in [4.69, 9.17) is 9.47 Å². The summed E-state index contributed by atoms with van der Waals surface area (Å²) in [7, 11) is 0. The van der Waals surface area contributed by atoms with Crippen LogP contribution in [0.4, 0.5) is 0 Å². The Morgan fingerprint density at radius 1 is 0.649 bits per heavy atom. The Bertz CT molecular complexity index is 687. The highest BCUT2D eigenvalue weighted by molar-refractivity contribution is 5.70. The van der Waals surface area contributed by atoms with Gasteiger partial charge in [-0.05, 0) is 57.8 Å². The topological polar surface area (TPSA) is 72.8 Å². The number of rotatable bonds is 24. The van der Waals surface area contributed by atoms with E-state index in [9.17, 15) is 14.7 Å². The van der Waals surface area contributed by atoms with Gasteiger partial charge in [-0.2, -0.15) is 0 Å². The molecule has 1 N–H and O–H groups in total. The molecule has 0 bridgehead atoms. The quantitative estimate of drug-likeness (QED) is 0.0797. The highest BCUT2D eigenvalue weighted by Crippen LogP contribution is 2.09. The van der Waals surface area contributed by atoms with Gasteiger partial charge in [0.1, 0.15) is 6.61 Å². The van der Waals surface area contributed by atoms with Gasteiger partial charge in [0, 0.05) is 12.8 Å². The molecule has 0 rings (SSSR count). The van der Waals surface area contributed by atoms with Crippen molar-refractivity contribution < 1.29 is 24.2 Å². The number of aliphatic hydroxyl groups excluding tert-OH is 1. The predicted molar refractivity (Wildman–Crippen MR) is 154 cm³/mol. The Labute approximate surface area is 226 Å². The summed E-state index contributed by atoms with van der Waals surface area (Å²) in [6.07, 6.45) is 34.3. The van der Waals surface area contributed by atoms with Gasteiger partial charge in [-0.15, -0.1) is 0 Å². The minimum Gasteiger partial charge on any atom is -0.462 e. The molecule has 1 atom stereocenters. The zero-order valence-electron chi connectivity index (χ0n) is 23.5. The summed E-state index contributed by atoms with van der Waals surface area (Å²) in [6, 6.07) is 0. The van der Waals surface area contributed by atoms with Gasteiger partial charge in [0.15, 0.2) is 6.10 Å². The molecule has 0 radical (unpaired) electrons. The van der Waals surface area contributed by atoms with Crippen molar-refractivity contribution in [1.82, 2.24) is 0 Å². The molecule has 0 amide bonds.